The molecule has 3 N–H and O–H groups in total. The second-order valence-electron chi connectivity index (χ2n) is 6.09. The van der Waals surface area contributed by atoms with E-state index >= 15 is 0 Å². The lowest BCUT2D eigenvalue weighted by Gasteiger charge is -2.26. The van der Waals surface area contributed by atoms with E-state index in [4.69, 9.17) is 5.73 Å². The quantitative estimate of drug-likeness (QED) is 0.875. The van der Waals surface area contributed by atoms with Crippen molar-refractivity contribution in [2.45, 2.75) is 58.4 Å². The molecule has 1 aromatic heterocycles. The predicted octanol–water partition coefficient (Wildman–Crippen LogP) is 2.84. The van der Waals surface area contributed by atoms with E-state index in [1.165, 1.54) is 19.3 Å². The second kappa shape index (κ2) is 6.33. The zero-order valence-corrected chi connectivity index (χ0v) is 12.3. The van der Waals surface area contributed by atoms with Gasteiger partial charge in [-0.1, -0.05) is 20.3 Å². The van der Waals surface area contributed by atoms with Gasteiger partial charge in [-0.05, 0) is 44.1 Å². The zero-order valence-electron chi connectivity index (χ0n) is 12.3. The molecule has 1 saturated carbocycles. The van der Waals surface area contributed by atoms with Crippen LogP contribution in [-0.4, -0.2) is 22.6 Å². The SMILES string of the molecule is Cc1cc(C(C)C)nc(NCC2CCCC(N)C2)n1. The molecule has 106 valence electrons. The molecule has 2 atom stereocenters. The molecule has 2 unspecified atom stereocenters. The van der Waals surface area contributed by atoms with Crippen molar-refractivity contribution >= 4 is 5.95 Å². The predicted molar refractivity (Wildman–Crippen MR) is 79.3 cm³/mol. The number of nitrogens with one attached hydrogen (secondary N) is 1. The Labute approximate surface area is 116 Å². The molecule has 4 heteroatoms. The Bertz CT molecular complexity index is 417. The topological polar surface area (TPSA) is 63.8 Å². The standard InChI is InChI=1S/C15H26N4/c1-10(2)14-7-11(3)18-15(19-14)17-9-12-5-4-6-13(16)8-12/h7,10,12-13H,4-6,8-9,16H2,1-3H3,(H,17,18,19). The molecule has 1 aliphatic rings. The molecule has 1 aromatic rings. The van der Waals surface area contributed by atoms with Gasteiger partial charge in [-0.15, -0.1) is 0 Å². The average Bonchev–Trinajstić information content (AvgIpc) is 2.36. The van der Waals surface area contributed by atoms with Gasteiger partial charge in [0.2, 0.25) is 5.95 Å². The van der Waals surface area contributed by atoms with E-state index in [1.54, 1.807) is 0 Å². The lowest BCUT2D eigenvalue weighted by molar-refractivity contribution is 0.334. The first kappa shape index (κ1) is 14.3. The van der Waals surface area contributed by atoms with Gasteiger partial charge in [-0.3, -0.25) is 0 Å². The monoisotopic (exact) mass is 262 g/mol. The molecule has 0 bridgehead atoms. The molecule has 0 aromatic carbocycles. The van der Waals surface area contributed by atoms with Crippen molar-refractivity contribution in [3.63, 3.8) is 0 Å². The van der Waals surface area contributed by atoms with Gasteiger partial charge < -0.3 is 11.1 Å². The van der Waals surface area contributed by atoms with Crippen molar-refractivity contribution in [3.05, 3.63) is 17.5 Å². The van der Waals surface area contributed by atoms with Crippen molar-refractivity contribution < 1.29 is 0 Å². The number of aromatic nitrogens is 2. The number of hydrogen-bond acceptors (Lipinski definition) is 4. The van der Waals surface area contributed by atoms with Crippen molar-refractivity contribution in [2.24, 2.45) is 11.7 Å². The molecule has 0 radical (unpaired) electrons. The largest absolute Gasteiger partial charge is 0.354 e. The maximum atomic E-state index is 6.02. The second-order valence-corrected chi connectivity index (χ2v) is 6.09. The number of hydrogen-bond donors (Lipinski definition) is 2. The van der Waals surface area contributed by atoms with Crippen molar-refractivity contribution in [2.75, 3.05) is 11.9 Å². The van der Waals surface area contributed by atoms with E-state index in [1.807, 2.05) is 6.92 Å². The highest BCUT2D eigenvalue weighted by molar-refractivity contribution is 5.29. The summed E-state index contributed by atoms with van der Waals surface area (Å²) >= 11 is 0. The minimum atomic E-state index is 0.380. The van der Waals surface area contributed by atoms with Gasteiger partial charge in [0.05, 0.1) is 0 Å². The van der Waals surface area contributed by atoms with Gasteiger partial charge in [-0.2, -0.15) is 0 Å². The third kappa shape index (κ3) is 4.16. The van der Waals surface area contributed by atoms with Crippen LogP contribution in [-0.2, 0) is 0 Å². The maximum absolute atomic E-state index is 6.02. The normalized spacial score (nSPS) is 23.6. The summed E-state index contributed by atoms with van der Waals surface area (Å²) in [5.41, 5.74) is 8.16. The van der Waals surface area contributed by atoms with E-state index in [0.29, 0.717) is 17.9 Å². The van der Waals surface area contributed by atoms with Crippen LogP contribution in [0.1, 0.15) is 56.8 Å². The van der Waals surface area contributed by atoms with Crippen LogP contribution >= 0.6 is 0 Å². The van der Waals surface area contributed by atoms with E-state index in [-0.39, 0.29) is 0 Å². The fraction of sp³-hybridized carbons (Fsp3) is 0.733. The summed E-state index contributed by atoms with van der Waals surface area (Å²) in [6.07, 6.45) is 4.81. The summed E-state index contributed by atoms with van der Waals surface area (Å²) in [6.45, 7) is 7.28. The van der Waals surface area contributed by atoms with Crippen LogP contribution in [0.4, 0.5) is 5.95 Å². The summed E-state index contributed by atoms with van der Waals surface area (Å²) in [5, 5.41) is 3.39. The zero-order chi connectivity index (χ0) is 13.8. The van der Waals surface area contributed by atoms with Crippen LogP contribution in [0.3, 0.4) is 0 Å². The van der Waals surface area contributed by atoms with Gasteiger partial charge in [0, 0.05) is 24.0 Å². The van der Waals surface area contributed by atoms with Crippen molar-refractivity contribution in [1.82, 2.24) is 9.97 Å². The Balaban J connectivity index is 1.95. The molecule has 19 heavy (non-hydrogen) atoms. The number of anilines is 1. The highest BCUT2D eigenvalue weighted by Crippen LogP contribution is 2.23. The van der Waals surface area contributed by atoms with E-state index in [9.17, 15) is 0 Å². The van der Waals surface area contributed by atoms with Crippen LogP contribution in [0, 0.1) is 12.8 Å². The van der Waals surface area contributed by atoms with Gasteiger partial charge in [-0.25, -0.2) is 9.97 Å². The van der Waals surface area contributed by atoms with Gasteiger partial charge >= 0.3 is 0 Å². The summed E-state index contributed by atoms with van der Waals surface area (Å²) in [4.78, 5) is 9.05. The molecule has 0 aliphatic heterocycles. The lowest BCUT2D eigenvalue weighted by Crippen LogP contribution is -2.31. The van der Waals surface area contributed by atoms with Crippen LogP contribution in [0.2, 0.25) is 0 Å². The number of nitrogens with zero attached hydrogens (tertiary/aromatic N) is 2. The third-order valence-corrected chi connectivity index (χ3v) is 3.84. The minimum Gasteiger partial charge on any atom is -0.354 e. The summed E-state index contributed by atoms with van der Waals surface area (Å²) in [5.74, 6) is 1.86. The molecule has 1 aliphatic carbocycles. The van der Waals surface area contributed by atoms with Crippen LogP contribution in [0.5, 0.6) is 0 Å². The van der Waals surface area contributed by atoms with E-state index in [2.05, 4.69) is 35.2 Å². The van der Waals surface area contributed by atoms with Gasteiger partial charge in [0.25, 0.3) is 0 Å². The highest BCUT2D eigenvalue weighted by atomic mass is 15.1. The first-order valence-electron chi connectivity index (χ1n) is 7.39. The summed E-state index contributed by atoms with van der Waals surface area (Å²) in [6, 6.07) is 2.44. The van der Waals surface area contributed by atoms with Crippen LogP contribution in [0.15, 0.2) is 6.07 Å². The third-order valence-electron chi connectivity index (χ3n) is 3.84. The Morgan fingerprint density at radius 3 is 2.84 bits per heavy atom. The highest BCUT2D eigenvalue weighted by Gasteiger charge is 2.19. The van der Waals surface area contributed by atoms with Gasteiger partial charge in [0.15, 0.2) is 0 Å². The van der Waals surface area contributed by atoms with Gasteiger partial charge in [0.1, 0.15) is 0 Å². The number of aryl methyl sites for hydroxylation is 1. The first-order chi connectivity index (χ1) is 9.04. The molecule has 0 saturated heterocycles. The van der Waals surface area contributed by atoms with Crippen LogP contribution in [0.25, 0.3) is 0 Å². The van der Waals surface area contributed by atoms with Crippen LogP contribution < -0.4 is 11.1 Å². The smallest absolute Gasteiger partial charge is 0.223 e. The Morgan fingerprint density at radius 1 is 1.37 bits per heavy atom. The van der Waals surface area contributed by atoms with Crippen molar-refractivity contribution in [3.8, 4) is 0 Å². The fourth-order valence-electron chi connectivity index (χ4n) is 2.72. The molecule has 0 spiro atoms. The number of rotatable bonds is 4. The Kier molecular flexibility index (Phi) is 4.75. The Morgan fingerprint density at radius 2 is 2.16 bits per heavy atom. The lowest BCUT2D eigenvalue weighted by atomic mass is 9.86. The molecule has 2 rings (SSSR count). The summed E-state index contributed by atoms with van der Waals surface area (Å²) in [7, 11) is 0. The first-order valence-corrected chi connectivity index (χ1v) is 7.39. The van der Waals surface area contributed by atoms with Crippen molar-refractivity contribution in [1.29, 1.82) is 0 Å². The molecule has 0 amide bonds. The molecular formula is C15H26N4. The average molecular weight is 262 g/mol. The molecule has 1 heterocycles. The van der Waals surface area contributed by atoms with E-state index in [0.717, 1.165) is 30.3 Å². The Hall–Kier alpha value is -1.16. The fourth-order valence-corrected chi connectivity index (χ4v) is 2.72. The maximum Gasteiger partial charge on any atom is 0.223 e. The number of nitrogens with two attached hydrogens (primary N) is 1. The minimum absolute atomic E-state index is 0.380. The molecule has 4 nitrogen and oxygen atoms in total. The summed E-state index contributed by atoms with van der Waals surface area (Å²) < 4.78 is 0. The van der Waals surface area contributed by atoms with E-state index < -0.39 is 0 Å². The molecule has 1 fully saturated rings. The molecular weight excluding hydrogens is 236 g/mol.